The first-order chi connectivity index (χ1) is 19.2. The van der Waals surface area contributed by atoms with Gasteiger partial charge in [0.1, 0.15) is 18.4 Å². The maximum absolute atomic E-state index is 2.56. The summed E-state index contributed by atoms with van der Waals surface area (Å²) in [6, 6.07) is 22.9. The Balaban J connectivity index is 1.76. The van der Waals surface area contributed by atoms with E-state index >= 15 is 0 Å². The van der Waals surface area contributed by atoms with Crippen molar-refractivity contribution in [3.63, 3.8) is 0 Å². The summed E-state index contributed by atoms with van der Waals surface area (Å²) in [7, 11) is 0. The van der Waals surface area contributed by atoms with Crippen LogP contribution in [0.3, 0.4) is 0 Å². The number of imidazole rings is 1. The summed E-state index contributed by atoms with van der Waals surface area (Å²) < 4.78 is 5.00. The van der Waals surface area contributed by atoms with E-state index in [4.69, 9.17) is 0 Å². The van der Waals surface area contributed by atoms with Gasteiger partial charge >= 0.3 is 0 Å². The zero-order valence-electron chi connectivity index (χ0n) is 25.5. The highest BCUT2D eigenvalue weighted by atomic mass is 15.1. The molecule has 0 radical (unpaired) electrons. The molecule has 39 heavy (non-hydrogen) atoms. The van der Waals surface area contributed by atoms with Gasteiger partial charge in [-0.2, -0.15) is 0 Å². The van der Waals surface area contributed by atoms with Crippen LogP contribution >= 0.6 is 0 Å². The molecule has 0 aliphatic carbocycles. The highest BCUT2D eigenvalue weighted by molar-refractivity contribution is 5.30. The second-order valence-corrected chi connectivity index (χ2v) is 12.1. The van der Waals surface area contributed by atoms with Crippen molar-refractivity contribution in [2.45, 2.75) is 142 Å². The molecule has 0 saturated carbocycles. The zero-order chi connectivity index (χ0) is 27.6. The second-order valence-electron chi connectivity index (χ2n) is 12.1. The molecule has 0 fully saturated rings. The highest BCUT2D eigenvalue weighted by Crippen LogP contribution is 2.41. The molecule has 0 spiro atoms. The van der Waals surface area contributed by atoms with Gasteiger partial charge in [-0.15, -0.1) is 0 Å². The summed E-state index contributed by atoms with van der Waals surface area (Å²) in [5.74, 6) is 0. The molecule has 0 aliphatic rings. The Hall–Kier alpha value is -2.35. The fraction of sp³-hybridized carbons (Fsp3) is 0.595. The third-order valence-corrected chi connectivity index (χ3v) is 8.76. The molecule has 2 nitrogen and oxygen atoms in total. The summed E-state index contributed by atoms with van der Waals surface area (Å²) in [6.45, 7) is 8.24. The van der Waals surface area contributed by atoms with E-state index in [-0.39, 0.29) is 5.41 Å². The standard InChI is InChI=1S/C37H57N2/c1-4-6-8-10-12-13-14-22-28-36(39-31-30-38(33-39)29-23-15-11-9-7-5-2)37(3,35-26-20-17-21-27-35)32-34-24-18-16-19-25-34/h16-21,24-27,30-31,33,36H,4-15,22-23,28-29,32H2,1-3H3/q+1. The van der Waals surface area contributed by atoms with Crippen LogP contribution in [0.5, 0.6) is 0 Å². The van der Waals surface area contributed by atoms with Crippen LogP contribution in [0.1, 0.15) is 134 Å². The maximum Gasteiger partial charge on any atom is 0.244 e. The highest BCUT2D eigenvalue weighted by Gasteiger charge is 2.40. The summed E-state index contributed by atoms with van der Waals surface area (Å²) in [5.41, 5.74) is 2.90. The maximum atomic E-state index is 2.56. The molecule has 0 aliphatic heterocycles. The summed E-state index contributed by atoms with van der Waals surface area (Å²) >= 11 is 0. The Morgan fingerprint density at radius 2 is 1.21 bits per heavy atom. The van der Waals surface area contributed by atoms with E-state index in [0.717, 1.165) is 13.0 Å². The molecule has 3 aromatic rings. The molecule has 0 bridgehead atoms. The average Bonchev–Trinajstić information content (AvgIpc) is 3.43. The van der Waals surface area contributed by atoms with Gasteiger partial charge in [-0.3, -0.25) is 0 Å². The average molecular weight is 530 g/mol. The summed E-state index contributed by atoms with van der Waals surface area (Å²) in [4.78, 5) is 0. The minimum absolute atomic E-state index is 0.0146. The molecule has 2 aromatic carbocycles. The van der Waals surface area contributed by atoms with Crippen molar-refractivity contribution in [1.82, 2.24) is 4.57 Å². The van der Waals surface area contributed by atoms with Crippen molar-refractivity contribution in [1.29, 1.82) is 0 Å². The van der Waals surface area contributed by atoms with Crippen molar-refractivity contribution >= 4 is 0 Å². The van der Waals surface area contributed by atoms with Gasteiger partial charge in [-0.25, -0.2) is 9.13 Å². The van der Waals surface area contributed by atoms with Crippen LogP contribution in [0.25, 0.3) is 0 Å². The van der Waals surface area contributed by atoms with E-state index < -0.39 is 0 Å². The lowest BCUT2D eigenvalue weighted by atomic mass is 9.70. The molecule has 1 aromatic heterocycles. The first kappa shape index (κ1) is 31.2. The molecule has 214 valence electrons. The van der Waals surface area contributed by atoms with Gasteiger partial charge in [0.25, 0.3) is 0 Å². The second kappa shape index (κ2) is 18.1. The van der Waals surface area contributed by atoms with Gasteiger partial charge in [-0.05, 0) is 43.2 Å². The third-order valence-electron chi connectivity index (χ3n) is 8.76. The zero-order valence-corrected chi connectivity index (χ0v) is 25.5. The predicted molar refractivity (Wildman–Crippen MR) is 168 cm³/mol. The lowest BCUT2D eigenvalue weighted by molar-refractivity contribution is -0.697. The van der Waals surface area contributed by atoms with Gasteiger partial charge in [0.15, 0.2) is 0 Å². The normalized spacial score (nSPS) is 13.8. The minimum Gasteiger partial charge on any atom is -0.237 e. The number of rotatable bonds is 21. The van der Waals surface area contributed by atoms with Crippen LogP contribution in [-0.4, -0.2) is 4.57 Å². The predicted octanol–water partition coefficient (Wildman–Crippen LogP) is 10.4. The molecular weight excluding hydrogens is 472 g/mol. The van der Waals surface area contributed by atoms with Gasteiger partial charge in [0.05, 0.1) is 6.54 Å². The first-order valence-electron chi connectivity index (χ1n) is 16.3. The van der Waals surface area contributed by atoms with E-state index in [9.17, 15) is 0 Å². The number of hydrogen-bond acceptors (Lipinski definition) is 0. The lowest BCUT2D eigenvalue weighted by Crippen LogP contribution is -2.38. The first-order valence-corrected chi connectivity index (χ1v) is 16.3. The number of aromatic nitrogens is 2. The number of unbranched alkanes of at least 4 members (excludes halogenated alkanes) is 12. The number of aryl methyl sites for hydroxylation is 1. The molecule has 0 saturated heterocycles. The molecule has 2 unspecified atom stereocenters. The summed E-state index contributed by atoms with van der Waals surface area (Å²) in [6.07, 6.45) is 28.4. The van der Waals surface area contributed by atoms with Gasteiger partial charge < -0.3 is 0 Å². The topological polar surface area (TPSA) is 8.81 Å². The van der Waals surface area contributed by atoms with E-state index in [1.54, 1.807) is 0 Å². The van der Waals surface area contributed by atoms with Crippen molar-refractivity contribution in [3.05, 3.63) is 90.5 Å². The molecule has 2 heteroatoms. The molecule has 0 amide bonds. The van der Waals surface area contributed by atoms with E-state index in [1.807, 2.05) is 0 Å². The Kier molecular flexibility index (Phi) is 14.5. The third kappa shape index (κ3) is 10.6. The molecule has 2 atom stereocenters. The molecular formula is C37H57N2+. The van der Waals surface area contributed by atoms with Crippen molar-refractivity contribution in [3.8, 4) is 0 Å². The van der Waals surface area contributed by atoms with Crippen LogP contribution in [-0.2, 0) is 18.4 Å². The van der Waals surface area contributed by atoms with Crippen LogP contribution in [0, 0.1) is 0 Å². The van der Waals surface area contributed by atoms with Crippen LogP contribution in [0.2, 0.25) is 0 Å². The van der Waals surface area contributed by atoms with Gasteiger partial charge in [0, 0.05) is 5.41 Å². The van der Waals surface area contributed by atoms with E-state index in [2.05, 4.69) is 109 Å². The SMILES string of the molecule is CCCCCCCCCCC(n1cc[n+](CCCCCCCC)c1)C(C)(Cc1ccccc1)c1ccccc1. The smallest absolute Gasteiger partial charge is 0.237 e. The van der Waals surface area contributed by atoms with E-state index in [0.29, 0.717) is 6.04 Å². The van der Waals surface area contributed by atoms with E-state index in [1.165, 1.54) is 107 Å². The molecule has 3 rings (SSSR count). The lowest BCUT2D eigenvalue weighted by Gasteiger charge is -2.37. The van der Waals surface area contributed by atoms with Crippen LogP contribution < -0.4 is 4.57 Å². The summed E-state index contributed by atoms with van der Waals surface area (Å²) in [5, 5.41) is 0. The largest absolute Gasteiger partial charge is 0.244 e. The van der Waals surface area contributed by atoms with Gasteiger partial charge in [-0.1, -0.05) is 152 Å². The Morgan fingerprint density at radius 1 is 0.667 bits per heavy atom. The Labute approximate surface area is 240 Å². The minimum atomic E-state index is 0.0146. The van der Waals surface area contributed by atoms with Crippen molar-refractivity contribution in [2.24, 2.45) is 0 Å². The van der Waals surface area contributed by atoms with Crippen molar-refractivity contribution < 1.29 is 4.57 Å². The van der Waals surface area contributed by atoms with Crippen molar-refractivity contribution in [2.75, 3.05) is 0 Å². The van der Waals surface area contributed by atoms with Crippen LogP contribution in [0.15, 0.2) is 79.4 Å². The Morgan fingerprint density at radius 3 is 1.82 bits per heavy atom. The molecule has 1 heterocycles. The fourth-order valence-electron chi connectivity index (χ4n) is 6.32. The Bertz CT molecular complexity index is 993. The monoisotopic (exact) mass is 529 g/mol. The number of nitrogens with zero attached hydrogens (tertiary/aromatic N) is 2. The fourth-order valence-corrected chi connectivity index (χ4v) is 6.32. The quantitative estimate of drug-likeness (QED) is 0.0958. The molecule has 0 N–H and O–H groups in total. The number of benzene rings is 2. The van der Waals surface area contributed by atoms with Gasteiger partial charge in [0.2, 0.25) is 6.33 Å². The number of hydrogen-bond donors (Lipinski definition) is 0. The van der Waals surface area contributed by atoms with Crippen LogP contribution in [0.4, 0.5) is 0 Å².